The van der Waals surface area contributed by atoms with E-state index in [4.69, 9.17) is 27.9 Å². The van der Waals surface area contributed by atoms with Crippen molar-refractivity contribution in [2.75, 3.05) is 0 Å². The third-order valence-corrected chi connectivity index (χ3v) is 3.52. The number of benzene rings is 1. The van der Waals surface area contributed by atoms with Gasteiger partial charge in [0, 0.05) is 17.0 Å². The lowest BCUT2D eigenvalue weighted by Gasteiger charge is -2.44. The Hall–Kier alpha value is -1.13. The highest BCUT2D eigenvalue weighted by molar-refractivity contribution is 6.35. The Kier molecular flexibility index (Phi) is 2.22. The van der Waals surface area contributed by atoms with Crippen molar-refractivity contribution >= 4 is 29.2 Å². The van der Waals surface area contributed by atoms with Crippen molar-refractivity contribution in [3.8, 4) is 5.75 Å². The number of urea groups is 1. The summed E-state index contributed by atoms with van der Waals surface area (Å²) in [7, 11) is 0. The molecule has 90 valence electrons. The molecule has 0 spiro atoms. The van der Waals surface area contributed by atoms with Gasteiger partial charge >= 0.3 is 6.03 Å². The number of carbonyl (C=O) groups excluding carboxylic acids is 1. The van der Waals surface area contributed by atoms with Crippen molar-refractivity contribution in [2.24, 2.45) is 0 Å². The standard InChI is InChI=1S/C11H10Cl2N2O2/c1-11-4-8(14-10(16)15-11)6-2-5(12)3-7(13)9(6)17-11/h2-3,8H,4H2,1H3,(H2,14,15,16). The number of ether oxygens (including phenoxy) is 1. The number of carbonyl (C=O) groups is 1. The maximum atomic E-state index is 11.5. The summed E-state index contributed by atoms with van der Waals surface area (Å²) in [6, 6.07) is 3.05. The summed E-state index contributed by atoms with van der Waals surface area (Å²) in [5.41, 5.74) is 0.118. The van der Waals surface area contributed by atoms with Crippen molar-refractivity contribution < 1.29 is 9.53 Å². The first-order valence-electron chi connectivity index (χ1n) is 5.23. The molecule has 1 fully saturated rings. The van der Waals surface area contributed by atoms with Gasteiger partial charge in [-0.2, -0.15) is 0 Å². The zero-order valence-electron chi connectivity index (χ0n) is 9.01. The summed E-state index contributed by atoms with van der Waals surface area (Å²) in [5, 5.41) is 6.57. The molecule has 17 heavy (non-hydrogen) atoms. The number of nitrogens with one attached hydrogen (secondary N) is 2. The lowest BCUT2D eigenvalue weighted by Crippen LogP contribution is -2.62. The molecule has 1 saturated heterocycles. The number of rotatable bonds is 0. The smallest absolute Gasteiger partial charge is 0.318 e. The Bertz CT molecular complexity index is 520. The Balaban J connectivity index is 2.16. The molecular weight excluding hydrogens is 263 g/mol. The van der Waals surface area contributed by atoms with E-state index in [9.17, 15) is 4.79 Å². The minimum Gasteiger partial charge on any atom is -0.466 e. The third kappa shape index (κ3) is 1.72. The molecule has 2 N–H and O–H groups in total. The van der Waals surface area contributed by atoms with Gasteiger partial charge in [-0.3, -0.25) is 0 Å². The molecule has 2 atom stereocenters. The fourth-order valence-corrected chi connectivity index (χ4v) is 2.90. The van der Waals surface area contributed by atoms with Crippen LogP contribution in [0.2, 0.25) is 10.0 Å². The number of amides is 2. The molecule has 0 saturated carbocycles. The first kappa shape index (κ1) is 11.0. The minimum absolute atomic E-state index is 0.117. The molecule has 2 amide bonds. The first-order valence-corrected chi connectivity index (χ1v) is 5.99. The van der Waals surface area contributed by atoms with Gasteiger partial charge in [-0.1, -0.05) is 23.2 Å². The number of fused-ring (bicyclic) bond motifs is 4. The molecule has 6 heteroatoms. The molecule has 2 aliphatic rings. The summed E-state index contributed by atoms with van der Waals surface area (Å²) >= 11 is 12.1. The molecule has 2 heterocycles. The average molecular weight is 273 g/mol. The third-order valence-electron chi connectivity index (χ3n) is 3.02. The summed E-state index contributed by atoms with van der Waals surface area (Å²) in [4.78, 5) is 11.5. The molecule has 0 radical (unpaired) electrons. The molecule has 1 aromatic rings. The lowest BCUT2D eigenvalue weighted by atomic mass is 9.92. The molecule has 1 aromatic carbocycles. The Morgan fingerprint density at radius 3 is 3.00 bits per heavy atom. The average Bonchev–Trinajstić information content (AvgIpc) is 2.19. The van der Waals surface area contributed by atoms with Crippen LogP contribution in [0.1, 0.15) is 24.9 Å². The van der Waals surface area contributed by atoms with E-state index in [1.165, 1.54) is 0 Å². The van der Waals surface area contributed by atoms with Crippen molar-refractivity contribution in [3.05, 3.63) is 27.7 Å². The molecule has 4 nitrogen and oxygen atoms in total. The largest absolute Gasteiger partial charge is 0.466 e. The summed E-state index contributed by atoms with van der Waals surface area (Å²) in [6.45, 7) is 1.83. The van der Waals surface area contributed by atoms with Crippen LogP contribution in [-0.4, -0.2) is 11.8 Å². The second-order valence-electron chi connectivity index (χ2n) is 4.49. The van der Waals surface area contributed by atoms with Crippen LogP contribution in [0.5, 0.6) is 5.75 Å². The van der Waals surface area contributed by atoms with Gasteiger partial charge in [0.1, 0.15) is 5.75 Å². The number of hydrogen-bond donors (Lipinski definition) is 2. The van der Waals surface area contributed by atoms with Crippen LogP contribution >= 0.6 is 23.2 Å². The van der Waals surface area contributed by atoms with Crippen LogP contribution in [0, 0.1) is 0 Å². The maximum absolute atomic E-state index is 11.5. The van der Waals surface area contributed by atoms with Crippen molar-refractivity contribution in [2.45, 2.75) is 25.1 Å². The highest BCUT2D eigenvalue weighted by atomic mass is 35.5. The molecule has 2 unspecified atom stereocenters. The van der Waals surface area contributed by atoms with Crippen LogP contribution in [0.25, 0.3) is 0 Å². The maximum Gasteiger partial charge on any atom is 0.318 e. The van der Waals surface area contributed by atoms with E-state index in [2.05, 4.69) is 10.6 Å². The van der Waals surface area contributed by atoms with E-state index in [0.29, 0.717) is 22.2 Å². The highest BCUT2D eigenvalue weighted by Gasteiger charge is 2.44. The fraction of sp³-hybridized carbons (Fsp3) is 0.364. The zero-order valence-corrected chi connectivity index (χ0v) is 10.5. The minimum atomic E-state index is -0.711. The summed E-state index contributed by atoms with van der Waals surface area (Å²) in [6.07, 6.45) is 0.641. The van der Waals surface area contributed by atoms with E-state index >= 15 is 0 Å². The zero-order chi connectivity index (χ0) is 12.2. The summed E-state index contributed by atoms with van der Waals surface area (Å²) in [5.74, 6) is 0.585. The summed E-state index contributed by atoms with van der Waals surface area (Å²) < 4.78 is 5.78. The van der Waals surface area contributed by atoms with Crippen LogP contribution in [0.4, 0.5) is 4.79 Å². The normalized spacial score (nSPS) is 29.8. The molecule has 2 bridgehead atoms. The van der Waals surface area contributed by atoms with Gasteiger partial charge in [-0.15, -0.1) is 0 Å². The highest BCUT2D eigenvalue weighted by Crippen LogP contribution is 2.45. The second-order valence-corrected chi connectivity index (χ2v) is 5.34. The van der Waals surface area contributed by atoms with Crippen molar-refractivity contribution in [1.82, 2.24) is 10.6 Å². The van der Waals surface area contributed by atoms with Gasteiger partial charge in [-0.25, -0.2) is 4.79 Å². The van der Waals surface area contributed by atoms with Crippen molar-refractivity contribution in [3.63, 3.8) is 0 Å². The van der Waals surface area contributed by atoms with E-state index in [1.54, 1.807) is 12.1 Å². The van der Waals surface area contributed by atoms with E-state index in [0.717, 1.165) is 5.56 Å². The van der Waals surface area contributed by atoms with E-state index < -0.39 is 5.72 Å². The van der Waals surface area contributed by atoms with Gasteiger partial charge in [0.05, 0.1) is 11.1 Å². The molecule has 2 aliphatic heterocycles. The SMILES string of the molecule is CC12CC(NC(=O)N1)c1cc(Cl)cc(Cl)c1O2. The fourth-order valence-electron chi connectivity index (χ4n) is 2.35. The topological polar surface area (TPSA) is 50.4 Å². The Morgan fingerprint density at radius 2 is 2.24 bits per heavy atom. The van der Waals surface area contributed by atoms with Gasteiger partial charge in [0.2, 0.25) is 0 Å². The first-order chi connectivity index (χ1) is 7.97. The second kappa shape index (κ2) is 3.43. The van der Waals surface area contributed by atoms with Gasteiger partial charge in [0.25, 0.3) is 0 Å². The van der Waals surface area contributed by atoms with Crippen LogP contribution in [-0.2, 0) is 0 Å². The molecule has 0 aromatic heterocycles. The monoisotopic (exact) mass is 272 g/mol. The number of hydrogen-bond acceptors (Lipinski definition) is 2. The number of halogens is 2. The molecule has 0 aliphatic carbocycles. The van der Waals surface area contributed by atoms with Crippen LogP contribution in [0.3, 0.4) is 0 Å². The van der Waals surface area contributed by atoms with Gasteiger partial charge in [-0.05, 0) is 19.1 Å². The Labute approximate surface area is 108 Å². The predicted octanol–water partition coefficient (Wildman–Crippen LogP) is 2.85. The lowest BCUT2D eigenvalue weighted by molar-refractivity contribution is 0.0120. The Morgan fingerprint density at radius 1 is 1.47 bits per heavy atom. The van der Waals surface area contributed by atoms with Crippen LogP contribution in [0.15, 0.2) is 12.1 Å². The van der Waals surface area contributed by atoms with Crippen LogP contribution < -0.4 is 15.4 Å². The predicted molar refractivity (Wildman–Crippen MR) is 64.5 cm³/mol. The quantitative estimate of drug-likeness (QED) is 0.763. The van der Waals surface area contributed by atoms with Gasteiger partial charge < -0.3 is 15.4 Å². The molecular formula is C11H10Cl2N2O2. The van der Waals surface area contributed by atoms with Crippen molar-refractivity contribution in [1.29, 1.82) is 0 Å². The van der Waals surface area contributed by atoms with E-state index in [1.807, 2.05) is 6.92 Å². The van der Waals surface area contributed by atoms with E-state index in [-0.39, 0.29) is 12.1 Å². The van der Waals surface area contributed by atoms with Gasteiger partial charge in [0.15, 0.2) is 5.72 Å². The molecule has 3 rings (SSSR count).